The Morgan fingerprint density at radius 2 is 1.81 bits per heavy atom. The molecule has 0 radical (unpaired) electrons. The fraction of sp³-hybridized carbons (Fsp3) is 0.316. The summed E-state index contributed by atoms with van der Waals surface area (Å²) < 4.78 is 0. The largest absolute Gasteiger partial charge is 0.481 e. The van der Waals surface area contributed by atoms with Crippen LogP contribution in [0.25, 0.3) is 5.57 Å². The highest BCUT2D eigenvalue weighted by Gasteiger charge is 2.22. The van der Waals surface area contributed by atoms with Crippen molar-refractivity contribution in [3.8, 4) is 0 Å². The van der Waals surface area contributed by atoms with Crippen LogP contribution in [0.2, 0.25) is 0 Å². The number of aromatic amines is 1. The van der Waals surface area contributed by atoms with Crippen LogP contribution in [0.15, 0.2) is 42.0 Å². The van der Waals surface area contributed by atoms with Crippen molar-refractivity contribution >= 4 is 17.6 Å². The first kappa shape index (κ1) is 17.7. The van der Waals surface area contributed by atoms with Gasteiger partial charge in [0.25, 0.3) is 0 Å². The number of likely N-dealkylation sites (tertiary alicyclic amines) is 1. The van der Waals surface area contributed by atoms with Crippen LogP contribution in [0, 0.1) is 0 Å². The van der Waals surface area contributed by atoms with Crippen molar-refractivity contribution < 1.29 is 19.8 Å². The lowest BCUT2D eigenvalue weighted by atomic mass is 9.91. The minimum absolute atomic E-state index is 0.0481. The van der Waals surface area contributed by atoms with Crippen LogP contribution in [-0.2, 0) is 11.2 Å². The monoisotopic (exact) mass is 355 g/mol. The number of hydrogen-bond donors (Lipinski definition) is 3. The number of nitrogens with one attached hydrogen (secondary N) is 1. The number of piperidine rings is 1. The molecule has 1 aliphatic rings. The number of benzene rings is 1. The van der Waals surface area contributed by atoms with Gasteiger partial charge in [0.1, 0.15) is 0 Å². The van der Waals surface area contributed by atoms with Crippen molar-refractivity contribution in [3.63, 3.8) is 0 Å². The number of aliphatic carboxylic acids is 1. The van der Waals surface area contributed by atoms with Crippen molar-refractivity contribution in [1.82, 2.24) is 15.1 Å². The Hall–Kier alpha value is -3.09. The second kappa shape index (κ2) is 7.86. The molecule has 2 heterocycles. The number of carboxylic acid groups (broad SMARTS) is 2. The maximum absolute atomic E-state index is 11.1. The summed E-state index contributed by atoms with van der Waals surface area (Å²) >= 11 is 0. The summed E-state index contributed by atoms with van der Waals surface area (Å²) in [7, 11) is 0. The molecule has 1 aromatic carbocycles. The molecule has 0 atom stereocenters. The topological polar surface area (TPSA) is 107 Å². The fourth-order valence-corrected chi connectivity index (χ4v) is 3.22. The highest BCUT2D eigenvalue weighted by atomic mass is 16.4. The zero-order chi connectivity index (χ0) is 18.5. The summed E-state index contributed by atoms with van der Waals surface area (Å²) in [4.78, 5) is 23.3. The zero-order valence-electron chi connectivity index (χ0n) is 14.3. The summed E-state index contributed by atoms with van der Waals surface area (Å²) in [5, 5.41) is 25.3. The summed E-state index contributed by atoms with van der Waals surface area (Å²) in [5.41, 5.74) is 4.76. The highest BCUT2D eigenvalue weighted by Crippen LogP contribution is 2.31. The number of aromatic nitrogens is 2. The van der Waals surface area contributed by atoms with Gasteiger partial charge in [0.05, 0.1) is 12.1 Å². The molecule has 7 nitrogen and oxygen atoms in total. The molecule has 136 valence electrons. The Labute approximate surface area is 151 Å². The van der Waals surface area contributed by atoms with Gasteiger partial charge in [0, 0.05) is 24.4 Å². The maximum Gasteiger partial charge on any atom is 0.407 e. The maximum atomic E-state index is 11.1. The molecule has 0 bridgehead atoms. The summed E-state index contributed by atoms with van der Waals surface area (Å²) in [6.07, 6.45) is 0.877. The lowest BCUT2D eigenvalue weighted by Gasteiger charge is -2.27. The van der Waals surface area contributed by atoms with E-state index in [2.05, 4.69) is 10.2 Å². The molecule has 3 rings (SSSR count). The third kappa shape index (κ3) is 4.11. The number of hydrogen-bond acceptors (Lipinski definition) is 3. The second-order valence-electron chi connectivity index (χ2n) is 6.29. The van der Waals surface area contributed by atoms with Gasteiger partial charge in [0.2, 0.25) is 0 Å². The molecule has 1 amide bonds. The van der Waals surface area contributed by atoms with Crippen molar-refractivity contribution in [2.75, 3.05) is 13.1 Å². The van der Waals surface area contributed by atoms with Crippen LogP contribution in [0.4, 0.5) is 4.79 Å². The van der Waals surface area contributed by atoms with Gasteiger partial charge in [-0.3, -0.25) is 9.89 Å². The SMILES string of the molecule is O=C(O)CCc1cc(C(=C2CCN(C(=O)O)CC2)c2ccccc2)n[nH]1. The molecular weight excluding hydrogens is 334 g/mol. The van der Waals surface area contributed by atoms with E-state index in [0.29, 0.717) is 32.4 Å². The average Bonchev–Trinajstić information content (AvgIpc) is 3.10. The predicted octanol–water partition coefficient (Wildman–Crippen LogP) is 3.00. The number of aryl methyl sites for hydroxylation is 1. The van der Waals surface area contributed by atoms with Crippen LogP contribution < -0.4 is 0 Å². The van der Waals surface area contributed by atoms with E-state index in [-0.39, 0.29) is 6.42 Å². The highest BCUT2D eigenvalue weighted by molar-refractivity contribution is 5.81. The fourth-order valence-electron chi connectivity index (χ4n) is 3.22. The van der Waals surface area contributed by atoms with Gasteiger partial charge in [-0.15, -0.1) is 0 Å². The minimum atomic E-state index is -0.888. The van der Waals surface area contributed by atoms with Gasteiger partial charge in [0.15, 0.2) is 0 Å². The van der Waals surface area contributed by atoms with E-state index in [4.69, 9.17) is 10.2 Å². The third-order valence-electron chi connectivity index (χ3n) is 4.55. The third-order valence-corrected chi connectivity index (χ3v) is 4.55. The van der Waals surface area contributed by atoms with Gasteiger partial charge < -0.3 is 15.1 Å². The van der Waals surface area contributed by atoms with Crippen LogP contribution in [0.3, 0.4) is 0 Å². The van der Waals surface area contributed by atoms with Crippen LogP contribution in [0.5, 0.6) is 0 Å². The van der Waals surface area contributed by atoms with Crippen molar-refractivity contribution in [3.05, 3.63) is 58.9 Å². The molecule has 1 fully saturated rings. The molecule has 26 heavy (non-hydrogen) atoms. The Balaban J connectivity index is 1.92. The van der Waals surface area contributed by atoms with E-state index < -0.39 is 12.1 Å². The van der Waals surface area contributed by atoms with Gasteiger partial charge >= 0.3 is 12.1 Å². The van der Waals surface area contributed by atoms with Gasteiger partial charge in [-0.2, -0.15) is 5.10 Å². The predicted molar refractivity (Wildman–Crippen MR) is 95.8 cm³/mol. The Bertz CT molecular complexity index is 816. The summed E-state index contributed by atoms with van der Waals surface area (Å²) in [6.45, 7) is 0.939. The molecule has 1 aliphatic heterocycles. The number of carboxylic acids is 1. The summed E-state index contributed by atoms with van der Waals surface area (Å²) in [6, 6.07) is 11.8. The quantitative estimate of drug-likeness (QED) is 0.764. The first-order chi connectivity index (χ1) is 12.5. The lowest BCUT2D eigenvalue weighted by Crippen LogP contribution is -2.35. The molecule has 1 saturated heterocycles. The second-order valence-corrected chi connectivity index (χ2v) is 6.29. The van der Waals surface area contributed by atoms with Crippen LogP contribution >= 0.6 is 0 Å². The Morgan fingerprint density at radius 3 is 2.42 bits per heavy atom. The zero-order valence-corrected chi connectivity index (χ0v) is 14.3. The van der Waals surface area contributed by atoms with Crippen molar-refractivity contribution in [2.45, 2.75) is 25.7 Å². The molecule has 1 aromatic heterocycles. The minimum Gasteiger partial charge on any atom is -0.481 e. The molecule has 0 aliphatic carbocycles. The van der Waals surface area contributed by atoms with E-state index in [9.17, 15) is 9.59 Å². The van der Waals surface area contributed by atoms with Gasteiger partial charge in [-0.25, -0.2) is 4.79 Å². The number of rotatable bonds is 5. The molecule has 7 heteroatoms. The number of amides is 1. The van der Waals surface area contributed by atoms with E-state index in [0.717, 1.165) is 22.5 Å². The smallest absolute Gasteiger partial charge is 0.407 e. The van der Waals surface area contributed by atoms with E-state index in [1.54, 1.807) is 0 Å². The number of H-pyrrole nitrogens is 1. The first-order valence-electron chi connectivity index (χ1n) is 8.56. The van der Waals surface area contributed by atoms with Gasteiger partial charge in [-0.1, -0.05) is 35.9 Å². The molecule has 0 spiro atoms. The van der Waals surface area contributed by atoms with Crippen LogP contribution in [-0.4, -0.2) is 50.5 Å². The van der Waals surface area contributed by atoms with Crippen molar-refractivity contribution in [2.24, 2.45) is 0 Å². The van der Waals surface area contributed by atoms with Gasteiger partial charge in [-0.05, 0) is 30.9 Å². The Kier molecular flexibility index (Phi) is 5.36. The average molecular weight is 355 g/mol. The molecule has 0 unspecified atom stereocenters. The lowest BCUT2D eigenvalue weighted by molar-refractivity contribution is -0.136. The van der Waals surface area contributed by atoms with E-state index in [1.807, 2.05) is 36.4 Å². The number of carbonyl (C=O) groups is 2. The molecule has 0 saturated carbocycles. The van der Waals surface area contributed by atoms with E-state index in [1.165, 1.54) is 10.5 Å². The van der Waals surface area contributed by atoms with Crippen molar-refractivity contribution in [1.29, 1.82) is 0 Å². The molecular formula is C19H21N3O4. The van der Waals surface area contributed by atoms with E-state index >= 15 is 0 Å². The first-order valence-corrected chi connectivity index (χ1v) is 8.56. The number of nitrogens with zero attached hydrogens (tertiary/aromatic N) is 2. The van der Waals surface area contributed by atoms with Crippen LogP contribution in [0.1, 0.15) is 36.2 Å². The molecule has 2 aromatic rings. The summed E-state index contributed by atoms with van der Waals surface area (Å²) in [5.74, 6) is -0.844. The normalized spacial score (nSPS) is 14.3. The standard InChI is InChI=1S/C19H21N3O4/c23-17(24)7-6-15-12-16(21-20-15)18(13-4-2-1-3-5-13)14-8-10-22(11-9-14)19(25)26/h1-5,12H,6-11H2,(H,20,21)(H,23,24)(H,25,26). The Morgan fingerprint density at radius 1 is 1.12 bits per heavy atom. The molecule has 3 N–H and O–H groups in total.